The van der Waals surface area contributed by atoms with Crippen molar-refractivity contribution in [2.24, 2.45) is 0 Å². The third kappa shape index (κ3) is 2.69. The van der Waals surface area contributed by atoms with Crippen LogP contribution in [0.4, 0.5) is 11.5 Å². The molecule has 0 bridgehead atoms. The standard InChI is InChI=1S/C12H16N4O4/c1-8-7-14(2)5-6-15(8)11-10(16(19)20)4-3-9(13-11)12(17)18/h3-4,8H,5-7H2,1-2H3,(H,17,18). The molecular formula is C12H16N4O4. The largest absolute Gasteiger partial charge is 0.477 e. The lowest BCUT2D eigenvalue weighted by Crippen LogP contribution is -2.51. The van der Waals surface area contributed by atoms with E-state index >= 15 is 0 Å². The monoisotopic (exact) mass is 280 g/mol. The lowest BCUT2D eigenvalue weighted by molar-refractivity contribution is -0.384. The minimum atomic E-state index is -1.19. The Labute approximate surface area is 115 Å². The first kappa shape index (κ1) is 14.2. The van der Waals surface area contributed by atoms with Crippen LogP contribution in [0.25, 0.3) is 0 Å². The first-order chi connectivity index (χ1) is 9.40. The Balaban J connectivity index is 2.44. The highest BCUT2D eigenvalue weighted by atomic mass is 16.6. The molecule has 1 aromatic rings. The molecule has 1 fully saturated rings. The molecule has 0 amide bonds. The summed E-state index contributed by atoms with van der Waals surface area (Å²) in [6.45, 7) is 4.01. The van der Waals surface area contributed by atoms with Crippen molar-refractivity contribution in [3.8, 4) is 0 Å². The molecule has 1 aliphatic heterocycles. The van der Waals surface area contributed by atoms with Gasteiger partial charge in [-0.15, -0.1) is 0 Å². The predicted molar refractivity (Wildman–Crippen MR) is 72.2 cm³/mol. The molecule has 1 aliphatic rings. The summed E-state index contributed by atoms with van der Waals surface area (Å²) in [5.41, 5.74) is -0.344. The van der Waals surface area contributed by atoms with Gasteiger partial charge in [-0.3, -0.25) is 10.1 Å². The molecule has 0 aromatic carbocycles. The van der Waals surface area contributed by atoms with Crippen molar-refractivity contribution in [3.63, 3.8) is 0 Å². The molecule has 2 heterocycles. The summed E-state index contributed by atoms with van der Waals surface area (Å²) < 4.78 is 0. The van der Waals surface area contributed by atoms with E-state index in [0.717, 1.165) is 19.2 Å². The van der Waals surface area contributed by atoms with E-state index in [2.05, 4.69) is 9.88 Å². The van der Waals surface area contributed by atoms with E-state index in [0.29, 0.717) is 6.54 Å². The van der Waals surface area contributed by atoms with E-state index < -0.39 is 10.9 Å². The number of rotatable bonds is 3. The van der Waals surface area contributed by atoms with E-state index in [4.69, 9.17) is 5.11 Å². The van der Waals surface area contributed by atoms with E-state index in [1.807, 2.05) is 14.0 Å². The maximum absolute atomic E-state index is 11.1. The molecule has 108 valence electrons. The van der Waals surface area contributed by atoms with Crippen LogP contribution in [0.2, 0.25) is 0 Å². The van der Waals surface area contributed by atoms with Crippen LogP contribution in [-0.4, -0.2) is 58.6 Å². The molecule has 0 spiro atoms. The lowest BCUT2D eigenvalue weighted by Gasteiger charge is -2.38. The number of hydrogen-bond donors (Lipinski definition) is 1. The van der Waals surface area contributed by atoms with Crippen molar-refractivity contribution in [1.29, 1.82) is 0 Å². The van der Waals surface area contributed by atoms with Crippen LogP contribution in [0.15, 0.2) is 12.1 Å². The van der Waals surface area contributed by atoms with Gasteiger partial charge in [0.1, 0.15) is 0 Å². The van der Waals surface area contributed by atoms with Gasteiger partial charge in [-0.05, 0) is 20.0 Å². The fourth-order valence-corrected chi connectivity index (χ4v) is 2.37. The van der Waals surface area contributed by atoms with Gasteiger partial charge in [0.25, 0.3) is 0 Å². The molecule has 0 aliphatic carbocycles. The number of nitrogens with zero attached hydrogens (tertiary/aromatic N) is 4. The summed E-state index contributed by atoms with van der Waals surface area (Å²) in [6, 6.07) is 2.39. The molecule has 1 unspecified atom stereocenters. The van der Waals surface area contributed by atoms with Crippen molar-refractivity contribution >= 4 is 17.5 Å². The Morgan fingerprint density at radius 2 is 2.20 bits per heavy atom. The van der Waals surface area contributed by atoms with Gasteiger partial charge in [-0.25, -0.2) is 9.78 Å². The average Bonchev–Trinajstić information content (AvgIpc) is 2.37. The van der Waals surface area contributed by atoms with Crippen LogP contribution in [0.1, 0.15) is 17.4 Å². The second-order valence-corrected chi connectivity index (χ2v) is 4.91. The number of carbonyl (C=O) groups is 1. The second-order valence-electron chi connectivity index (χ2n) is 4.91. The number of anilines is 1. The van der Waals surface area contributed by atoms with E-state index in [-0.39, 0.29) is 23.2 Å². The fourth-order valence-electron chi connectivity index (χ4n) is 2.37. The van der Waals surface area contributed by atoms with Crippen molar-refractivity contribution < 1.29 is 14.8 Å². The number of aromatic carboxylic acids is 1. The zero-order valence-electron chi connectivity index (χ0n) is 11.3. The van der Waals surface area contributed by atoms with Crippen molar-refractivity contribution in [2.45, 2.75) is 13.0 Å². The number of likely N-dealkylation sites (N-methyl/N-ethyl adjacent to an activating group) is 1. The van der Waals surface area contributed by atoms with Crippen LogP contribution in [0.3, 0.4) is 0 Å². The van der Waals surface area contributed by atoms with Crippen LogP contribution in [0, 0.1) is 10.1 Å². The van der Waals surface area contributed by atoms with E-state index in [1.54, 1.807) is 4.90 Å². The smallest absolute Gasteiger partial charge is 0.354 e. The van der Waals surface area contributed by atoms with E-state index in [9.17, 15) is 14.9 Å². The summed E-state index contributed by atoms with van der Waals surface area (Å²) >= 11 is 0. The third-order valence-corrected chi connectivity index (χ3v) is 3.37. The number of piperazine rings is 1. The quantitative estimate of drug-likeness (QED) is 0.646. The third-order valence-electron chi connectivity index (χ3n) is 3.37. The van der Waals surface area contributed by atoms with Crippen molar-refractivity contribution in [3.05, 3.63) is 27.9 Å². The van der Waals surface area contributed by atoms with Gasteiger partial charge in [0.15, 0.2) is 5.69 Å². The van der Waals surface area contributed by atoms with Gasteiger partial charge in [-0.1, -0.05) is 0 Å². The second kappa shape index (κ2) is 5.41. The van der Waals surface area contributed by atoms with Gasteiger partial charge < -0.3 is 14.9 Å². The molecular weight excluding hydrogens is 264 g/mol. The lowest BCUT2D eigenvalue weighted by atomic mass is 10.2. The SMILES string of the molecule is CC1CN(C)CCN1c1nc(C(=O)O)ccc1[N+](=O)[O-]. The number of carboxylic acid groups (broad SMARTS) is 1. The number of pyridine rings is 1. The van der Waals surface area contributed by atoms with Crippen LogP contribution < -0.4 is 4.90 Å². The summed E-state index contributed by atoms with van der Waals surface area (Å²) in [7, 11) is 1.98. The van der Waals surface area contributed by atoms with Gasteiger partial charge >= 0.3 is 11.7 Å². The van der Waals surface area contributed by atoms with Gasteiger partial charge in [0.2, 0.25) is 5.82 Å². The van der Waals surface area contributed by atoms with Crippen LogP contribution in [0.5, 0.6) is 0 Å². The number of aromatic nitrogens is 1. The summed E-state index contributed by atoms with van der Waals surface area (Å²) in [6.07, 6.45) is 0. The van der Waals surface area contributed by atoms with Crippen molar-refractivity contribution in [2.75, 3.05) is 31.6 Å². The molecule has 2 rings (SSSR count). The highest BCUT2D eigenvalue weighted by Gasteiger charge is 2.29. The minimum absolute atomic E-state index is 0.0315. The molecule has 1 atom stereocenters. The Bertz CT molecular complexity index is 548. The maximum Gasteiger partial charge on any atom is 0.354 e. The predicted octanol–water partition coefficient (Wildman–Crippen LogP) is 0.828. The molecule has 1 aromatic heterocycles. The van der Waals surface area contributed by atoms with Gasteiger partial charge in [-0.2, -0.15) is 0 Å². The Morgan fingerprint density at radius 1 is 1.50 bits per heavy atom. The number of nitro groups is 1. The molecule has 8 nitrogen and oxygen atoms in total. The van der Waals surface area contributed by atoms with Gasteiger partial charge in [0.05, 0.1) is 4.92 Å². The zero-order chi connectivity index (χ0) is 14.9. The van der Waals surface area contributed by atoms with E-state index in [1.165, 1.54) is 6.07 Å². The number of carboxylic acids is 1. The Kier molecular flexibility index (Phi) is 3.84. The molecule has 20 heavy (non-hydrogen) atoms. The topological polar surface area (TPSA) is 99.8 Å². The Morgan fingerprint density at radius 3 is 2.75 bits per heavy atom. The molecule has 1 N–H and O–H groups in total. The fraction of sp³-hybridized carbons (Fsp3) is 0.500. The summed E-state index contributed by atoms with van der Waals surface area (Å²) in [4.78, 5) is 29.4. The molecule has 0 saturated carbocycles. The highest BCUT2D eigenvalue weighted by Crippen LogP contribution is 2.29. The average molecular weight is 280 g/mol. The maximum atomic E-state index is 11.1. The van der Waals surface area contributed by atoms with Crippen LogP contribution in [-0.2, 0) is 0 Å². The zero-order valence-corrected chi connectivity index (χ0v) is 11.3. The Hall–Kier alpha value is -2.22. The minimum Gasteiger partial charge on any atom is -0.477 e. The van der Waals surface area contributed by atoms with Crippen molar-refractivity contribution in [1.82, 2.24) is 9.88 Å². The van der Waals surface area contributed by atoms with Gasteiger partial charge in [0, 0.05) is 31.7 Å². The molecule has 1 saturated heterocycles. The van der Waals surface area contributed by atoms with Crippen LogP contribution >= 0.6 is 0 Å². The highest BCUT2D eigenvalue weighted by molar-refractivity contribution is 5.86. The molecule has 8 heteroatoms. The first-order valence-electron chi connectivity index (χ1n) is 6.24. The number of hydrogen-bond acceptors (Lipinski definition) is 6. The summed E-state index contributed by atoms with van der Waals surface area (Å²) in [5, 5.41) is 20.1. The summed E-state index contributed by atoms with van der Waals surface area (Å²) in [5.74, 6) is -1.06. The molecule has 0 radical (unpaired) electrons. The first-order valence-corrected chi connectivity index (χ1v) is 6.24. The normalized spacial score (nSPS) is 19.9.